The lowest BCUT2D eigenvalue weighted by molar-refractivity contribution is 0.628. The van der Waals surface area contributed by atoms with Crippen LogP contribution in [0.5, 0.6) is 0 Å². The zero-order valence-corrected chi connectivity index (χ0v) is 35.0. The lowest BCUT2D eigenvalue weighted by Gasteiger charge is -2.35. The van der Waals surface area contributed by atoms with Crippen LogP contribution in [-0.2, 0) is 0 Å². The predicted molar refractivity (Wildman–Crippen MR) is 259 cm³/mol. The molecular weight excluding hydrogens is 780 g/mol. The Morgan fingerprint density at radius 3 is 1.46 bits per heavy atom. The molecule has 0 saturated carbocycles. The van der Waals surface area contributed by atoms with Crippen molar-refractivity contribution in [3.63, 3.8) is 0 Å². The maximum absolute atomic E-state index is 14.5. The summed E-state index contributed by atoms with van der Waals surface area (Å²) in [4.78, 5) is 3.47. The molecule has 9 aromatic carbocycles. The van der Waals surface area contributed by atoms with E-state index in [-0.39, 0.29) is 5.82 Å². The number of fused-ring (bicyclic) bond motifs is 5. The van der Waals surface area contributed by atoms with Crippen LogP contribution in [0.1, 0.15) is 0 Å². The van der Waals surface area contributed by atoms with Gasteiger partial charge in [0.15, 0.2) is 8.07 Å². The van der Waals surface area contributed by atoms with Crippen LogP contribution in [0.25, 0.3) is 48.2 Å². The van der Waals surface area contributed by atoms with Gasteiger partial charge >= 0.3 is 0 Å². The molecule has 0 spiro atoms. The summed E-state index contributed by atoms with van der Waals surface area (Å²) in [6.07, 6.45) is 0. The van der Waals surface area contributed by atoms with E-state index in [0.29, 0.717) is 0 Å². The van der Waals surface area contributed by atoms with Crippen molar-refractivity contribution < 1.29 is 4.39 Å². The Morgan fingerprint density at radius 2 is 0.885 bits per heavy atom. The first kappa shape index (κ1) is 36.7. The zero-order chi connectivity index (χ0) is 40.8. The van der Waals surface area contributed by atoms with Gasteiger partial charge in [0.05, 0.1) is 15.7 Å². The molecule has 2 nitrogen and oxygen atoms in total. The lowest BCUT2D eigenvalue weighted by atomic mass is 10.0. The van der Waals surface area contributed by atoms with E-state index in [1.54, 1.807) is 0 Å². The monoisotopic (exact) mass is 818 g/mol. The van der Waals surface area contributed by atoms with E-state index in [0.717, 1.165) is 22.6 Å². The summed E-state index contributed by atoms with van der Waals surface area (Å²) in [5.41, 5.74) is 10.1. The Morgan fingerprint density at radius 1 is 0.410 bits per heavy atom. The number of hydrogen-bond acceptors (Lipinski definition) is 2. The summed E-state index contributed by atoms with van der Waals surface area (Å²) >= 11 is 1.85. The molecule has 11 aromatic rings. The number of halogens is 1. The van der Waals surface area contributed by atoms with Crippen LogP contribution in [0.3, 0.4) is 0 Å². The quantitative estimate of drug-likeness (QED) is 0.104. The number of thiazole rings is 1. The Kier molecular flexibility index (Phi) is 9.26. The molecule has 5 heteroatoms. The largest absolute Gasteiger partial charge is 0.311 e. The van der Waals surface area contributed by atoms with E-state index >= 15 is 0 Å². The number of anilines is 3. The van der Waals surface area contributed by atoms with E-state index in [1.165, 1.54) is 75.5 Å². The summed E-state index contributed by atoms with van der Waals surface area (Å²) in [6.45, 7) is 0. The molecule has 0 bridgehead atoms. The van der Waals surface area contributed by atoms with Crippen molar-refractivity contribution in [3.8, 4) is 22.3 Å². The fourth-order valence-corrected chi connectivity index (χ4v) is 15.4. The fourth-order valence-electron chi connectivity index (χ4n) is 9.34. The highest BCUT2D eigenvalue weighted by molar-refractivity contribution is 7.24. The van der Waals surface area contributed by atoms with Crippen LogP contribution in [0.15, 0.2) is 237 Å². The molecule has 0 saturated heterocycles. The summed E-state index contributed by atoms with van der Waals surface area (Å²) in [7, 11) is -2.71. The van der Waals surface area contributed by atoms with Crippen molar-refractivity contribution in [2.75, 3.05) is 4.90 Å². The molecule has 0 unspecified atom stereocenters. The van der Waals surface area contributed by atoms with E-state index in [4.69, 9.17) is 0 Å². The molecule has 0 aliphatic rings. The minimum absolute atomic E-state index is 0.262. The number of aromatic nitrogens is 1. The topological polar surface area (TPSA) is 7.65 Å². The molecule has 0 fully saturated rings. The maximum Gasteiger partial charge on any atom is 0.179 e. The second kappa shape index (κ2) is 15.4. The Hall–Kier alpha value is -7.31. The van der Waals surface area contributed by atoms with Crippen molar-refractivity contribution in [1.29, 1.82) is 0 Å². The summed E-state index contributed by atoms with van der Waals surface area (Å²) in [6, 6.07) is 83.8. The number of rotatable bonds is 9. The fraction of sp³-hybridized carbons (Fsp3) is 0. The summed E-state index contributed by atoms with van der Waals surface area (Å²) in [5.74, 6) is -0.262. The van der Waals surface area contributed by atoms with Gasteiger partial charge in [-0.1, -0.05) is 176 Å². The highest BCUT2D eigenvalue weighted by Crippen LogP contribution is 2.45. The molecule has 0 atom stereocenters. The molecule has 11 rings (SSSR count). The molecule has 2 aromatic heterocycles. The van der Waals surface area contributed by atoms with Crippen LogP contribution < -0.4 is 25.6 Å². The SMILES string of the molecule is Fc1ccc(N(c2ccc(-c3cccc4sc5c(-c6ccccc6)c6ccccc6n5c34)cc2)c2ccc([Si](c3ccccc3)(c3ccccc3)c3ccccc3)cc2)cc1. The van der Waals surface area contributed by atoms with Gasteiger partial charge in [0.25, 0.3) is 0 Å². The number of para-hydroxylation sites is 2. The minimum Gasteiger partial charge on any atom is -0.311 e. The number of benzene rings is 9. The zero-order valence-electron chi connectivity index (χ0n) is 33.2. The highest BCUT2D eigenvalue weighted by atomic mass is 32.1. The average molecular weight is 819 g/mol. The third-order valence-electron chi connectivity index (χ3n) is 12.0. The molecule has 0 N–H and O–H groups in total. The van der Waals surface area contributed by atoms with Gasteiger partial charge in [-0.3, -0.25) is 4.40 Å². The predicted octanol–water partition coefficient (Wildman–Crippen LogP) is 12.6. The first-order valence-electron chi connectivity index (χ1n) is 20.6. The first-order chi connectivity index (χ1) is 30.2. The van der Waals surface area contributed by atoms with Crippen LogP contribution in [0, 0.1) is 5.82 Å². The Balaban J connectivity index is 1.04. The molecular formula is C56H39FN2SSi. The van der Waals surface area contributed by atoms with Gasteiger partial charge in [0.2, 0.25) is 0 Å². The van der Waals surface area contributed by atoms with E-state index < -0.39 is 8.07 Å². The van der Waals surface area contributed by atoms with Crippen molar-refractivity contribution in [1.82, 2.24) is 4.40 Å². The van der Waals surface area contributed by atoms with Crippen LogP contribution in [-0.4, -0.2) is 12.5 Å². The van der Waals surface area contributed by atoms with Crippen molar-refractivity contribution >= 4 is 83.2 Å². The molecule has 0 amide bonds. The third kappa shape index (κ3) is 6.21. The van der Waals surface area contributed by atoms with E-state index in [2.05, 4.69) is 222 Å². The molecule has 0 aliphatic carbocycles. The van der Waals surface area contributed by atoms with Crippen molar-refractivity contribution in [2.45, 2.75) is 0 Å². The average Bonchev–Trinajstić information content (AvgIpc) is 3.87. The maximum atomic E-state index is 14.5. The van der Waals surface area contributed by atoms with Crippen LogP contribution >= 0.6 is 11.3 Å². The normalized spacial score (nSPS) is 11.7. The Bertz CT molecular complexity index is 3180. The van der Waals surface area contributed by atoms with Gasteiger partial charge in [-0.2, -0.15) is 0 Å². The van der Waals surface area contributed by atoms with E-state index in [1.807, 2.05) is 23.5 Å². The van der Waals surface area contributed by atoms with Crippen LogP contribution in [0.4, 0.5) is 21.5 Å². The number of hydrogen-bond donors (Lipinski definition) is 0. The van der Waals surface area contributed by atoms with Gasteiger partial charge in [-0.05, 0) is 92.5 Å². The molecule has 61 heavy (non-hydrogen) atoms. The van der Waals surface area contributed by atoms with Crippen LogP contribution in [0.2, 0.25) is 0 Å². The second-order valence-corrected chi connectivity index (χ2v) is 20.2. The standard InChI is InChI=1S/C56H39FN2SSi/c57-42-30-34-44(35-31-42)58(45-36-38-49(39-37-45)61(46-18-7-2-8-19-46,47-20-9-3-10-21-47)48-22-11-4-12-23-48)43-32-28-40(29-33-43)50-25-15-27-53-55(50)59-52-26-14-13-24-51(52)54(56(59)60-53)41-16-5-1-6-17-41/h1-39H. The highest BCUT2D eigenvalue weighted by Gasteiger charge is 2.41. The van der Waals surface area contributed by atoms with Gasteiger partial charge < -0.3 is 4.90 Å². The molecule has 0 radical (unpaired) electrons. The lowest BCUT2D eigenvalue weighted by Crippen LogP contribution is -2.74. The Labute approximate surface area is 359 Å². The van der Waals surface area contributed by atoms with Crippen molar-refractivity contribution in [3.05, 3.63) is 242 Å². The molecule has 290 valence electrons. The molecule has 0 aliphatic heterocycles. The molecule has 2 heterocycles. The minimum atomic E-state index is -2.71. The van der Waals surface area contributed by atoms with Gasteiger partial charge in [0, 0.05) is 33.6 Å². The third-order valence-corrected chi connectivity index (χ3v) is 18.0. The second-order valence-electron chi connectivity index (χ2n) is 15.4. The van der Waals surface area contributed by atoms with Gasteiger partial charge in [-0.25, -0.2) is 4.39 Å². The summed E-state index contributed by atoms with van der Waals surface area (Å²) < 4.78 is 18.2. The summed E-state index contributed by atoms with van der Waals surface area (Å²) in [5, 5.41) is 6.52. The van der Waals surface area contributed by atoms with Gasteiger partial charge in [-0.15, -0.1) is 11.3 Å². The van der Waals surface area contributed by atoms with Crippen molar-refractivity contribution in [2.24, 2.45) is 0 Å². The van der Waals surface area contributed by atoms with E-state index in [9.17, 15) is 4.39 Å². The first-order valence-corrected chi connectivity index (χ1v) is 23.4. The van der Waals surface area contributed by atoms with Gasteiger partial charge in [0.1, 0.15) is 10.6 Å². The smallest absolute Gasteiger partial charge is 0.179 e. The number of nitrogens with zero attached hydrogens (tertiary/aromatic N) is 2.